The van der Waals surface area contributed by atoms with Crippen LogP contribution in [0.5, 0.6) is 0 Å². The molecule has 0 spiro atoms. The highest BCUT2D eigenvalue weighted by molar-refractivity contribution is 9.10. The predicted molar refractivity (Wildman–Crippen MR) is 83.3 cm³/mol. The summed E-state index contributed by atoms with van der Waals surface area (Å²) in [6, 6.07) is 3.80. The quantitative estimate of drug-likeness (QED) is 0.782. The Morgan fingerprint density at radius 1 is 1.38 bits per heavy atom. The molecule has 21 heavy (non-hydrogen) atoms. The van der Waals surface area contributed by atoms with Crippen LogP contribution in [0.4, 0.5) is 15.9 Å². The minimum Gasteiger partial charge on any atom is -0.396 e. The number of aromatic nitrogens is 1. The number of hydrogen-bond donors (Lipinski definition) is 2. The van der Waals surface area contributed by atoms with Crippen molar-refractivity contribution in [3.63, 3.8) is 0 Å². The molecule has 2 aromatic rings. The first kappa shape index (κ1) is 16.0. The van der Waals surface area contributed by atoms with Gasteiger partial charge in [0.2, 0.25) is 0 Å². The summed E-state index contributed by atoms with van der Waals surface area (Å²) >= 11 is 8.94. The second kappa shape index (κ2) is 5.78. The Kier molecular flexibility index (Phi) is 4.40. The largest absolute Gasteiger partial charge is 0.396 e. The minimum atomic E-state index is -4.19. The molecule has 0 aliphatic heterocycles. The summed E-state index contributed by atoms with van der Waals surface area (Å²) in [5.41, 5.74) is 5.62. The normalized spacial score (nSPS) is 11.4. The number of nitrogen functional groups attached to an aromatic ring is 1. The van der Waals surface area contributed by atoms with Crippen LogP contribution < -0.4 is 10.5 Å². The Balaban J connectivity index is 2.48. The summed E-state index contributed by atoms with van der Waals surface area (Å²) in [7, 11) is -4.19. The Hall–Kier alpha value is -1.38. The maximum absolute atomic E-state index is 13.9. The third-order valence-electron chi connectivity index (χ3n) is 2.60. The van der Waals surface area contributed by atoms with E-state index in [1.54, 1.807) is 13.0 Å². The number of rotatable bonds is 3. The maximum Gasteiger partial charge on any atom is 0.266 e. The van der Waals surface area contributed by atoms with Crippen molar-refractivity contribution in [3.05, 3.63) is 45.3 Å². The maximum atomic E-state index is 13.9. The lowest BCUT2D eigenvalue weighted by Gasteiger charge is -2.11. The zero-order valence-electron chi connectivity index (χ0n) is 10.7. The monoisotopic (exact) mass is 393 g/mol. The van der Waals surface area contributed by atoms with Gasteiger partial charge in [-0.25, -0.2) is 17.8 Å². The zero-order valence-corrected chi connectivity index (χ0v) is 13.9. The van der Waals surface area contributed by atoms with Crippen LogP contribution in [0.1, 0.15) is 5.56 Å². The van der Waals surface area contributed by atoms with Gasteiger partial charge in [0.15, 0.2) is 5.82 Å². The van der Waals surface area contributed by atoms with E-state index >= 15 is 0 Å². The van der Waals surface area contributed by atoms with E-state index < -0.39 is 20.7 Å². The molecule has 3 N–H and O–H groups in total. The number of benzene rings is 1. The Bertz CT molecular complexity index is 814. The van der Waals surface area contributed by atoms with Crippen molar-refractivity contribution >= 4 is 49.1 Å². The van der Waals surface area contributed by atoms with Crippen LogP contribution in [0.15, 0.2) is 33.8 Å². The van der Waals surface area contributed by atoms with Gasteiger partial charge in [-0.2, -0.15) is 0 Å². The van der Waals surface area contributed by atoms with Crippen molar-refractivity contribution in [2.75, 3.05) is 10.5 Å². The van der Waals surface area contributed by atoms with Crippen molar-refractivity contribution in [2.45, 2.75) is 11.8 Å². The van der Waals surface area contributed by atoms with Crippen LogP contribution in [-0.4, -0.2) is 13.4 Å². The lowest BCUT2D eigenvalue weighted by molar-refractivity contribution is 0.572. The fraction of sp³-hybridized carbons (Fsp3) is 0.0833. The minimum absolute atomic E-state index is 0.0229. The fourth-order valence-electron chi connectivity index (χ4n) is 1.61. The molecule has 0 radical (unpaired) electrons. The van der Waals surface area contributed by atoms with E-state index in [9.17, 15) is 12.8 Å². The lowest BCUT2D eigenvalue weighted by Crippen LogP contribution is -2.17. The highest BCUT2D eigenvalue weighted by Crippen LogP contribution is 2.27. The van der Waals surface area contributed by atoms with Crippen LogP contribution in [0.2, 0.25) is 5.02 Å². The molecule has 0 fully saturated rings. The Morgan fingerprint density at radius 2 is 2.05 bits per heavy atom. The molecule has 0 bridgehead atoms. The molecule has 1 aromatic carbocycles. The standard InChI is InChI=1S/C12H10BrClFN3O2S/c1-6-2-7(13)5-17-12(6)18-21(19,20)10-4-8(14)3-9(16)11(10)15/h2-5H,16H2,1H3,(H,17,18). The van der Waals surface area contributed by atoms with Gasteiger partial charge >= 0.3 is 0 Å². The topological polar surface area (TPSA) is 85.1 Å². The van der Waals surface area contributed by atoms with Gasteiger partial charge in [0.05, 0.1) is 5.69 Å². The molecule has 112 valence electrons. The molecule has 1 heterocycles. The van der Waals surface area contributed by atoms with E-state index in [0.29, 0.717) is 10.0 Å². The predicted octanol–water partition coefficient (Wildman–Crippen LogP) is 3.33. The summed E-state index contributed by atoms with van der Waals surface area (Å²) in [5.74, 6) is -0.960. The van der Waals surface area contributed by atoms with Gasteiger partial charge in [0.25, 0.3) is 10.0 Å². The molecular formula is C12H10BrClFN3O2S. The van der Waals surface area contributed by atoms with Crippen LogP contribution in [-0.2, 0) is 10.0 Å². The Morgan fingerprint density at radius 3 is 2.67 bits per heavy atom. The van der Waals surface area contributed by atoms with E-state index in [2.05, 4.69) is 25.6 Å². The fourth-order valence-corrected chi connectivity index (χ4v) is 3.56. The summed E-state index contributed by atoms with van der Waals surface area (Å²) in [5, 5.41) is 0.0229. The van der Waals surface area contributed by atoms with E-state index in [-0.39, 0.29) is 16.5 Å². The number of sulfonamides is 1. The highest BCUT2D eigenvalue weighted by Gasteiger charge is 2.23. The van der Waals surface area contributed by atoms with Crippen molar-refractivity contribution in [2.24, 2.45) is 0 Å². The van der Waals surface area contributed by atoms with Gasteiger partial charge in [-0.3, -0.25) is 4.72 Å². The Labute approximate surface area is 134 Å². The second-order valence-electron chi connectivity index (χ2n) is 4.23. The van der Waals surface area contributed by atoms with E-state index in [1.165, 1.54) is 6.20 Å². The number of halogens is 3. The second-order valence-corrected chi connectivity index (χ2v) is 7.23. The van der Waals surface area contributed by atoms with Crippen molar-refractivity contribution in [1.82, 2.24) is 4.98 Å². The third-order valence-corrected chi connectivity index (χ3v) is 4.59. The van der Waals surface area contributed by atoms with Gasteiger partial charge in [-0.1, -0.05) is 11.6 Å². The summed E-state index contributed by atoms with van der Waals surface area (Å²) < 4.78 is 41.3. The SMILES string of the molecule is Cc1cc(Br)cnc1NS(=O)(=O)c1cc(Cl)cc(N)c1F. The first-order valence-electron chi connectivity index (χ1n) is 5.60. The molecule has 2 rings (SSSR count). The molecule has 0 saturated carbocycles. The first-order chi connectivity index (χ1) is 9.70. The summed E-state index contributed by atoms with van der Waals surface area (Å²) in [6.07, 6.45) is 1.42. The van der Waals surface area contributed by atoms with Crippen LogP contribution >= 0.6 is 27.5 Å². The number of pyridine rings is 1. The lowest BCUT2D eigenvalue weighted by atomic mass is 10.3. The number of nitrogens with two attached hydrogens (primary N) is 1. The zero-order chi connectivity index (χ0) is 15.8. The van der Waals surface area contributed by atoms with Crippen LogP contribution in [0, 0.1) is 12.7 Å². The van der Waals surface area contributed by atoms with Gasteiger partial charge in [-0.05, 0) is 46.6 Å². The van der Waals surface area contributed by atoms with E-state index in [0.717, 1.165) is 12.1 Å². The van der Waals surface area contributed by atoms with Gasteiger partial charge in [-0.15, -0.1) is 0 Å². The molecule has 0 amide bonds. The summed E-state index contributed by atoms with van der Waals surface area (Å²) in [6.45, 7) is 1.66. The molecule has 0 aliphatic rings. The van der Waals surface area contributed by atoms with Gasteiger partial charge in [0.1, 0.15) is 10.7 Å². The number of nitrogens with one attached hydrogen (secondary N) is 1. The highest BCUT2D eigenvalue weighted by atomic mass is 79.9. The molecule has 0 aliphatic carbocycles. The molecule has 9 heteroatoms. The van der Waals surface area contributed by atoms with E-state index in [1.807, 2.05) is 0 Å². The molecule has 0 atom stereocenters. The van der Waals surface area contributed by atoms with Gasteiger partial charge < -0.3 is 5.73 Å². The number of aryl methyl sites for hydroxylation is 1. The first-order valence-corrected chi connectivity index (χ1v) is 8.25. The average Bonchev–Trinajstić information content (AvgIpc) is 2.37. The van der Waals surface area contributed by atoms with Crippen LogP contribution in [0.3, 0.4) is 0 Å². The molecule has 0 unspecified atom stereocenters. The van der Waals surface area contributed by atoms with Crippen molar-refractivity contribution in [1.29, 1.82) is 0 Å². The van der Waals surface area contributed by atoms with Crippen molar-refractivity contribution in [3.8, 4) is 0 Å². The third kappa shape index (κ3) is 3.45. The van der Waals surface area contributed by atoms with Crippen LogP contribution in [0.25, 0.3) is 0 Å². The summed E-state index contributed by atoms with van der Waals surface area (Å²) in [4.78, 5) is 3.31. The van der Waals surface area contributed by atoms with E-state index in [4.69, 9.17) is 17.3 Å². The van der Waals surface area contributed by atoms with Gasteiger partial charge in [0, 0.05) is 15.7 Å². The number of nitrogens with zero attached hydrogens (tertiary/aromatic N) is 1. The number of hydrogen-bond acceptors (Lipinski definition) is 4. The van der Waals surface area contributed by atoms with Crippen molar-refractivity contribution < 1.29 is 12.8 Å². The molecule has 0 saturated heterocycles. The number of anilines is 2. The smallest absolute Gasteiger partial charge is 0.266 e. The molecular weight excluding hydrogens is 385 g/mol. The average molecular weight is 395 g/mol. The molecule has 5 nitrogen and oxygen atoms in total. The molecule has 1 aromatic heterocycles.